The summed E-state index contributed by atoms with van der Waals surface area (Å²) in [5, 5.41) is 0.739. The van der Waals surface area contributed by atoms with E-state index in [9.17, 15) is 4.79 Å². The largest absolute Gasteiger partial charge is 0.486 e. The molecule has 0 aliphatic heterocycles. The zero-order valence-electron chi connectivity index (χ0n) is 11.5. The molecule has 0 bridgehead atoms. The summed E-state index contributed by atoms with van der Waals surface area (Å²) in [5.74, 6) is 0.917. The SMILES string of the molecule is COC(=O)c1ccc(COc2cc(C)c(Cl)c(C)c2)o1. The number of rotatable bonds is 4. The first-order valence-corrected chi connectivity index (χ1v) is 6.45. The Labute approximate surface area is 122 Å². The zero-order chi connectivity index (χ0) is 14.7. The molecule has 0 unspecified atom stereocenters. The highest BCUT2D eigenvalue weighted by molar-refractivity contribution is 6.32. The number of halogens is 1. The summed E-state index contributed by atoms with van der Waals surface area (Å²) in [6, 6.07) is 6.96. The number of methoxy groups -OCH3 is 1. The summed E-state index contributed by atoms with van der Waals surface area (Å²) in [5.41, 5.74) is 1.91. The fourth-order valence-electron chi connectivity index (χ4n) is 1.81. The van der Waals surface area contributed by atoms with Gasteiger partial charge < -0.3 is 13.9 Å². The quantitative estimate of drug-likeness (QED) is 0.802. The molecule has 106 valence electrons. The molecule has 0 N–H and O–H groups in total. The Morgan fingerprint density at radius 2 is 1.90 bits per heavy atom. The average molecular weight is 295 g/mol. The van der Waals surface area contributed by atoms with Crippen molar-refractivity contribution in [2.45, 2.75) is 20.5 Å². The number of hydrogen-bond acceptors (Lipinski definition) is 4. The van der Waals surface area contributed by atoms with E-state index >= 15 is 0 Å². The van der Waals surface area contributed by atoms with Crippen LogP contribution in [0.1, 0.15) is 27.4 Å². The minimum Gasteiger partial charge on any atom is -0.486 e. The van der Waals surface area contributed by atoms with Gasteiger partial charge in [0.1, 0.15) is 18.1 Å². The second-order valence-electron chi connectivity index (χ2n) is 4.42. The summed E-state index contributed by atoms with van der Waals surface area (Å²) in [4.78, 5) is 11.3. The van der Waals surface area contributed by atoms with Gasteiger partial charge in [-0.25, -0.2) is 4.79 Å². The molecule has 0 spiro atoms. The molecule has 0 radical (unpaired) electrons. The number of aryl methyl sites for hydroxylation is 2. The molecule has 5 heteroatoms. The third-order valence-electron chi connectivity index (χ3n) is 2.84. The van der Waals surface area contributed by atoms with Gasteiger partial charge in [0, 0.05) is 5.02 Å². The number of benzene rings is 1. The minimum absolute atomic E-state index is 0.162. The maximum atomic E-state index is 11.3. The molecule has 20 heavy (non-hydrogen) atoms. The first-order chi connectivity index (χ1) is 9.51. The van der Waals surface area contributed by atoms with Crippen molar-refractivity contribution in [1.82, 2.24) is 0 Å². The third-order valence-corrected chi connectivity index (χ3v) is 3.44. The van der Waals surface area contributed by atoms with Gasteiger partial charge in [0.05, 0.1) is 7.11 Å². The van der Waals surface area contributed by atoms with Crippen LogP contribution in [0.5, 0.6) is 5.75 Å². The van der Waals surface area contributed by atoms with E-state index < -0.39 is 5.97 Å². The van der Waals surface area contributed by atoms with Crippen LogP contribution in [-0.2, 0) is 11.3 Å². The van der Waals surface area contributed by atoms with Crippen molar-refractivity contribution in [3.8, 4) is 5.75 Å². The molecule has 2 aromatic rings. The predicted octanol–water partition coefficient (Wildman–Crippen LogP) is 3.92. The fourth-order valence-corrected chi connectivity index (χ4v) is 1.92. The van der Waals surface area contributed by atoms with Crippen LogP contribution in [-0.4, -0.2) is 13.1 Å². The van der Waals surface area contributed by atoms with Gasteiger partial charge in [0.2, 0.25) is 5.76 Å². The molecule has 0 aliphatic rings. The summed E-state index contributed by atoms with van der Waals surface area (Å²) < 4.78 is 15.5. The number of carbonyl (C=O) groups excluding carboxylic acids is 1. The van der Waals surface area contributed by atoms with Crippen LogP contribution in [0.2, 0.25) is 5.02 Å². The molecule has 0 saturated carbocycles. The summed E-state index contributed by atoms with van der Waals surface area (Å²) in [7, 11) is 1.31. The van der Waals surface area contributed by atoms with Gasteiger partial charge in [-0.2, -0.15) is 0 Å². The van der Waals surface area contributed by atoms with Crippen LogP contribution in [0.3, 0.4) is 0 Å². The van der Waals surface area contributed by atoms with E-state index in [-0.39, 0.29) is 12.4 Å². The van der Waals surface area contributed by atoms with Crippen LogP contribution in [0.4, 0.5) is 0 Å². The van der Waals surface area contributed by atoms with Crippen molar-refractivity contribution < 1.29 is 18.7 Å². The molecule has 1 aromatic carbocycles. The van der Waals surface area contributed by atoms with Gasteiger partial charge in [-0.15, -0.1) is 0 Å². The Morgan fingerprint density at radius 1 is 1.25 bits per heavy atom. The van der Waals surface area contributed by atoms with E-state index in [0.29, 0.717) is 11.5 Å². The normalized spacial score (nSPS) is 10.4. The molecular formula is C15H15ClO4. The van der Waals surface area contributed by atoms with Crippen LogP contribution in [0.25, 0.3) is 0 Å². The lowest BCUT2D eigenvalue weighted by molar-refractivity contribution is 0.0561. The molecule has 2 rings (SSSR count). The van der Waals surface area contributed by atoms with Crippen LogP contribution < -0.4 is 4.74 Å². The Kier molecular flexibility index (Phi) is 4.35. The predicted molar refractivity (Wildman–Crippen MR) is 75.3 cm³/mol. The van der Waals surface area contributed by atoms with Gasteiger partial charge in [-0.05, 0) is 49.2 Å². The zero-order valence-corrected chi connectivity index (χ0v) is 12.3. The highest BCUT2D eigenvalue weighted by atomic mass is 35.5. The molecule has 4 nitrogen and oxygen atoms in total. The van der Waals surface area contributed by atoms with Gasteiger partial charge in [-0.3, -0.25) is 0 Å². The molecule has 1 heterocycles. The van der Waals surface area contributed by atoms with E-state index in [1.165, 1.54) is 7.11 Å². The average Bonchev–Trinajstić information content (AvgIpc) is 2.90. The lowest BCUT2D eigenvalue weighted by atomic mass is 10.1. The molecule has 0 saturated heterocycles. The summed E-state index contributed by atoms with van der Waals surface area (Å²) >= 11 is 6.10. The second kappa shape index (κ2) is 6.01. The van der Waals surface area contributed by atoms with Gasteiger partial charge in [0.15, 0.2) is 0 Å². The molecule has 0 amide bonds. The lowest BCUT2D eigenvalue weighted by Gasteiger charge is -2.08. The highest BCUT2D eigenvalue weighted by Crippen LogP contribution is 2.26. The number of ether oxygens (including phenoxy) is 2. The first kappa shape index (κ1) is 14.5. The summed E-state index contributed by atoms with van der Waals surface area (Å²) in [6.07, 6.45) is 0. The topological polar surface area (TPSA) is 48.7 Å². The van der Waals surface area contributed by atoms with Crippen molar-refractivity contribution >= 4 is 17.6 Å². The Balaban J connectivity index is 2.05. The Hall–Kier alpha value is -1.94. The van der Waals surface area contributed by atoms with Crippen molar-refractivity contribution in [2.24, 2.45) is 0 Å². The lowest BCUT2D eigenvalue weighted by Crippen LogP contribution is -1.99. The minimum atomic E-state index is -0.505. The van der Waals surface area contributed by atoms with Crippen molar-refractivity contribution in [2.75, 3.05) is 7.11 Å². The van der Waals surface area contributed by atoms with Crippen molar-refractivity contribution in [3.05, 3.63) is 51.9 Å². The number of hydrogen-bond donors (Lipinski definition) is 0. The van der Waals surface area contributed by atoms with E-state index in [4.69, 9.17) is 20.8 Å². The Morgan fingerprint density at radius 3 is 2.50 bits per heavy atom. The van der Waals surface area contributed by atoms with E-state index in [1.54, 1.807) is 12.1 Å². The van der Waals surface area contributed by atoms with Crippen LogP contribution >= 0.6 is 11.6 Å². The second-order valence-corrected chi connectivity index (χ2v) is 4.80. The first-order valence-electron chi connectivity index (χ1n) is 6.08. The fraction of sp³-hybridized carbons (Fsp3) is 0.267. The molecule has 0 atom stereocenters. The van der Waals surface area contributed by atoms with Gasteiger partial charge in [0.25, 0.3) is 0 Å². The van der Waals surface area contributed by atoms with E-state index in [1.807, 2.05) is 26.0 Å². The monoisotopic (exact) mass is 294 g/mol. The van der Waals surface area contributed by atoms with Crippen LogP contribution in [0, 0.1) is 13.8 Å². The summed E-state index contributed by atoms with van der Waals surface area (Å²) in [6.45, 7) is 4.08. The molecule has 0 fully saturated rings. The van der Waals surface area contributed by atoms with Crippen molar-refractivity contribution in [1.29, 1.82) is 0 Å². The van der Waals surface area contributed by atoms with E-state index in [0.717, 1.165) is 16.1 Å². The molecule has 0 aliphatic carbocycles. The number of carbonyl (C=O) groups is 1. The smallest absolute Gasteiger partial charge is 0.373 e. The van der Waals surface area contributed by atoms with Crippen molar-refractivity contribution in [3.63, 3.8) is 0 Å². The standard InChI is InChI=1S/C15H15ClO4/c1-9-6-12(7-10(2)14(9)16)19-8-11-4-5-13(20-11)15(17)18-3/h4-7H,8H2,1-3H3. The maximum Gasteiger partial charge on any atom is 0.373 e. The Bertz CT molecular complexity index is 608. The molecular weight excluding hydrogens is 280 g/mol. The highest BCUT2D eigenvalue weighted by Gasteiger charge is 2.11. The molecule has 1 aromatic heterocycles. The maximum absolute atomic E-state index is 11.3. The third kappa shape index (κ3) is 3.14. The van der Waals surface area contributed by atoms with Gasteiger partial charge in [-0.1, -0.05) is 11.6 Å². The number of esters is 1. The van der Waals surface area contributed by atoms with E-state index in [2.05, 4.69) is 4.74 Å². The van der Waals surface area contributed by atoms with Gasteiger partial charge >= 0.3 is 5.97 Å². The van der Waals surface area contributed by atoms with Crippen LogP contribution in [0.15, 0.2) is 28.7 Å². The number of furan rings is 1.